The molecule has 1 saturated heterocycles. The molecular formula is C28H28N4O2. The first-order valence-corrected chi connectivity index (χ1v) is 11.7. The lowest BCUT2D eigenvalue weighted by Crippen LogP contribution is -2.47. The number of nitrogens with one attached hydrogen (secondary N) is 1. The minimum atomic E-state index is -0.0516. The second-order valence-electron chi connectivity index (χ2n) is 8.84. The fourth-order valence-corrected chi connectivity index (χ4v) is 4.45. The van der Waals surface area contributed by atoms with Crippen LogP contribution in [0.2, 0.25) is 0 Å². The van der Waals surface area contributed by atoms with Gasteiger partial charge in [-0.1, -0.05) is 48.5 Å². The van der Waals surface area contributed by atoms with Crippen molar-refractivity contribution < 1.29 is 9.21 Å². The highest BCUT2D eigenvalue weighted by molar-refractivity contribution is 5.94. The number of aromatic nitrogens is 2. The lowest BCUT2D eigenvalue weighted by Gasteiger charge is -2.33. The van der Waals surface area contributed by atoms with Gasteiger partial charge in [-0.15, -0.1) is 10.2 Å². The van der Waals surface area contributed by atoms with Crippen LogP contribution >= 0.6 is 0 Å². The molecule has 172 valence electrons. The van der Waals surface area contributed by atoms with Gasteiger partial charge in [0.05, 0.1) is 0 Å². The van der Waals surface area contributed by atoms with E-state index >= 15 is 0 Å². The molecule has 0 radical (unpaired) electrons. The van der Waals surface area contributed by atoms with Crippen molar-refractivity contribution in [1.29, 1.82) is 0 Å². The standard InChI is InChI=1S/C28H28N4O2/c1-20-8-5-6-12-25(20)28-31-30-27(34-28)23-15-13-22(14-16-23)26(33)29-24-11-7-17-32(19-24)18-21-9-3-2-4-10-21/h2-6,8-10,12-16,24H,7,11,17-19H2,1H3,(H,29,33). The van der Waals surface area contributed by atoms with Gasteiger partial charge in [0.15, 0.2) is 0 Å². The molecule has 1 aliphatic heterocycles. The molecule has 5 rings (SSSR count). The van der Waals surface area contributed by atoms with Crippen LogP contribution in [0.3, 0.4) is 0 Å². The van der Waals surface area contributed by atoms with Gasteiger partial charge in [0.1, 0.15) is 0 Å². The van der Waals surface area contributed by atoms with Crippen molar-refractivity contribution in [2.75, 3.05) is 13.1 Å². The number of carbonyl (C=O) groups excluding carboxylic acids is 1. The van der Waals surface area contributed by atoms with Gasteiger partial charge in [-0.3, -0.25) is 9.69 Å². The summed E-state index contributed by atoms with van der Waals surface area (Å²) >= 11 is 0. The van der Waals surface area contributed by atoms with Crippen LogP contribution in [-0.4, -0.2) is 40.1 Å². The van der Waals surface area contributed by atoms with Crippen LogP contribution in [0.4, 0.5) is 0 Å². The molecule has 0 aliphatic carbocycles. The molecule has 0 saturated carbocycles. The van der Waals surface area contributed by atoms with Crippen LogP contribution in [0, 0.1) is 6.92 Å². The molecule has 1 N–H and O–H groups in total. The zero-order valence-corrected chi connectivity index (χ0v) is 19.3. The molecular weight excluding hydrogens is 424 g/mol. The third kappa shape index (κ3) is 5.07. The van der Waals surface area contributed by atoms with Gasteiger partial charge in [0.25, 0.3) is 5.91 Å². The number of benzene rings is 3. The smallest absolute Gasteiger partial charge is 0.251 e. The lowest BCUT2D eigenvalue weighted by atomic mass is 10.0. The highest BCUT2D eigenvalue weighted by atomic mass is 16.4. The molecule has 4 aromatic rings. The van der Waals surface area contributed by atoms with Crippen molar-refractivity contribution in [3.05, 3.63) is 95.6 Å². The average molecular weight is 453 g/mol. The normalized spacial score (nSPS) is 16.3. The number of amides is 1. The summed E-state index contributed by atoms with van der Waals surface area (Å²) in [6.45, 7) is 4.85. The summed E-state index contributed by atoms with van der Waals surface area (Å²) in [6.07, 6.45) is 2.08. The number of likely N-dealkylation sites (tertiary alicyclic amines) is 1. The van der Waals surface area contributed by atoms with Crippen molar-refractivity contribution >= 4 is 5.91 Å². The summed E-state index contributed by atoms with van der Waals surface area (Å²) in [5.41, 5.74) is 4.72. The molecule has 0 spiro atoms. The minimum Gasteiger partial charge on any atom is -0.416 e. The van der Waals surface area contributed by atoms with Crippen LogP contribution in [0.1, 0.15) is 34.3 Å². The molecule has 34 heavy (non-hydrogen) atoms. The van der Waals surface area contributed by atoms with Crippen LogP contribution in [0.5, 0.6) is 0 Å². The average Bonchev–Trinajstić information content (AvgIpc) is 3.35. The number of rotatable bonds is 6. The minimum absolute atomic E-state index is 0.0516. The Hall–Kier alpha value is -3.77. The monoisotopic (exact) mass is 452 g/mol. The maximum atomic E-state index is 12.9. The van der Waals surface area contributed by atoms with Crippen molar-refractivity contribution in [1.82, 2.24) is 20.4 Å². The first kappa shape index (κ1) is 22.0. The molecule has 1 unspecified atom stereocenters. The molecule has 2 heterocycles. The van der Waals surface area contributed by atoms with E-state index in [4.69, 9.17) is 4.42 Å². The third-order valence-electron chi connectivity index (χ3n) is 6.28. The molecule has 1 aliphatic rings. The highest BCUT2D eigenvalue weighted by Crippen LogP contribution is 2.26. The Kier molecular flexibility index (Phi) is 6.49. The molecule has 1 amide bonds. The molecule has 3 aromatic carbocycles. The maximum absolute atomic E-state index is 12.9. The zero-order chi connectivity index (χ0) is 23.3. The molecule has 0 bridgehead atoms. The maximum Gasteiger partial charge on any atom is 0.251 e. The van der Waals surface area contributed by atoms with E-state index in [0.29, 0.717) is 17.3 Å². The van der Waals surface area contributed by atoms with Crippen LogP contribution in [0.25, 0.3) is 22.9 Å². The van der Waals surface area contributed by atoms with E-state index in [1.165, 1.54) is 5.56 Å². The van der Waals surface area contributed by atoms with Crippen LogP contribution in [0.15, 0.2) is 83.3 Å². The van der Waals surface area contributed by atoms with Crippen molar-refractivity contribution in [2.24, 2.45) is 0 Å². The SMILES string of the molecule is Cc1ccccc1-c1nnc(-c2ccc(C(=O)NC3CCCN(Cc4ccccc4)C3)cc2)o1. The van der Waals surface area contributed by atoms with Gasteiger partial charge < -0.3 is 9.73 Å². The van der Waals surface area contributed by atoms with Crippen molar-refractivity contribution in [3.63, 3.8) is 0 Å². The molecule has 1 atom stereocenters. The highest BCUT2D eigenvalue weighted by Gasteiger charge is 2.22. The second-order valence-corrected chi connectivity index (χ2v) is 8.84. The number of carbonyl (C=O) groups is 1. The largest absolute Gasteiger partial charge is 0.416 e. The van der Waals surface area contributed by atoms with E-state index in [0.717, 1.165) is 49.2 Å². The Morgan fingerprint density at radius 1 is 0.971 bits per heavy atom. The predicted molar refractivity (Wildman–Crippen MR) is 132 cm³/mol. The van der Waals surface area contributed by atoms with E-state index < -0.39 is 0 Å². The van der Waals surface area contributed by atoms with E-state index in [2.05, 4.69) is 44.7 Å². The second kappa shape index (κ2) is 10.0. The van der Waals surface area contributed by atoms with Crippen molar-refractivity contribution in [3.8, 4) is 22.9 Å². The van der Waals surface area contributed by atoms with Crippen LogP contribution in [-0.2, 0) is 6.54 Å². The Labute approximate surface area is 199 Å². The summed E-state index contributed by atoms with van der Waals surface area (Å²) in [7, 11) is 0. The van der Waals surface area contributed by atoms with Gasteiger partial charge in [0.2, 0.25) is 11.8 Å². The number of piperidine rings is 1. The van der Waals surface area contributed by atoms with Gasteiger partial charge in [-0.2, -0.15) is 0 Å². The van der Waals surface area contributed by atoms with E-state index in [9.17, 15) is 4.79 Å². The third-order valence-corrected chi connectivity index (χ3v) is 6.28. The van der Waals surface area contributed by atoms with E-state index in [-0.39, 0.29) is 11.9 Å². The summed E-state index contributed by atoms with van der Waals surface area (Å²) in [6, 6.07) is 25.9. The van der Waals surface area contributed by atoms with E-state index in [1.807, 2.05) is 61.5 Å². The molecule has 1 fully saturated rings. The summed E-state index contributed by atoms with van der Waals surface area (Å²) in [4.78, 5) is 15.3. The Balaban J connectivity index is 1.21. The summed E-state index contributed by atoms with van der Waals surface area (Å²) in [5.74, 6) is 0.880. The number of nitrogens with zero attached hydrogens (tertiary/aromatic N) is 3. The summed E-state index contributed by atoms with van der Waals surface area (Å²) in [5, 5.41) is 11.6. The van der Waals surface area contributed by atoms with Crippen molar-refractivity contribution in [2.45, 2.75) is 32.4 Å². The van der Waals surface area contributed by atoms with E-state index in [1.54, 1.807) is 0 Å². The zero-order valence-electron chi connectivity index (χ0n) is 19.3. The first-order chi connectivity index (χ1) is 16.7. The molecule has 6 nitrogen and oxygen atoms in total. The fraction of sp³-hybridized carbons (Fsp3) is 0.250. The van der Waals surface area contributed by atoms with Crippen LogP contribution < -0.4 is 5.32 Å². The van der Waals surface area contributed by atoms with Gasteiger partial charge in [-0.25, -0.2) is 0 Å². The number of aryl methyl sites for hydroxylation is 1. The quantitative estimate of drug-likeness (QED) is 0.440. The topological polar surface area (TPSA) is 71.3 Å². The van der Waals surface area contributed by atoms with Gasteiger partial charge in [0, 0.05) is 35.8 Å². The first-order valence-electron chi connectivity index (χ1n) is 11.7. The number of hydrogen-bond donors (Lipinski definition) is 1. The van der Waals surface area contributed by atoms with Gasteiger partial charge >= 0.3 is 0 Å². The molecule has 6 heteroatoms. The fourth-order valence-electron chi connectivity index (χ4n) is 4.45. The Morgan fingerprint density at radius 3 is 2.50 bits per heavy atom. The van der Waals surface area contributed by atoms with Gasteiger partial charge in [-0.05, 0) is 67.8 Å². The molecule has 1 aromatic heterocycles. The lowest BCUT2D eigenvalue weighted by molar-refractivity contribution is 0.0901. The summed E-state index contributed by atoms with van der Waals surface area (Å²) < 4.78 is 5.89. The Morgan fingerprint density at radius 2 is 1.71 bits per heavy atom. The Bertz CT molecular complexity index is 1250. The predicted octanol–water partition coefficient (Wildman–Crippen LogP) is 5.11. The number of hydrogen-bond acceptors (Lipinski definition) is 5.